The van der Waals surface area contributed by atoms with E-state index in [2.05, 4.69) is 107 Å². The number of benzene rings is 2. The lowest BCUT2D eigenvalue weighted by molar-refractivity contribution is 0.771. The molecular weight excluding hydrogens is 378 g/mol. The Balaban J connectivity index is 1.59. The molecule has 3 heteroatoms. The molecule has 160 valence electrons. The second kappa shape index (κ2) is 7.96. The van der Waals surface area contributed by atoms with Crippen molar-refractivity contribution in [2.24, 2.45) is 13.0 Å². The molecule has 0 amide bonds. The summed E-state index contributed by atoms with van der Waals surface area (Å²) >= 11 is 0. The Morgan fingerprint density at radius 3 is 1.90 bits per heavy atom. The predicted molar refractivity (Wildman–Crippen MR) is 130 cm³/mol. The Morgan fingerprint density at radius 1 is 0.710 bits per heavy atom. The second-order valence-corrected chi connectivity index (χ2v) is 9.26. The molecule has 0 radical (unpaired) electrons. The van der Waals surface area contributed by atoms with E-state index in [0.29, 0.717) is 5.92 Å². The van der Waals surface area contributed by atoms with E-state index in [1.54, 1.807) is 0 Å². The minimum absolute atomic E-state index is 0.379. The summed E-state index contributed by atoms with van der Waals surface area (Å²) in [6.07, 6.45) is 5.39. The van der Waals surface area contributed by atoms with Crippen molar-refractivity contribution in [2.45, 2.75) is 54.9 Å². The average Bonchev–Trinajstić information content (AvgIpc) is 3.25. The summed E-state index contributed by atoms with van der Waals surface area (Å²) in [4.78, 5) is 0. The van der Waals surface area contributed by atoms with Gasteiger partial charge in [0.15, 0.2) is 5.82 Å². The van der Waals surface area contributed by atoms with Crippen molar-refractivity contribution in [3.8, 4) is 11.4 Å². The van der Waals surface area contributed by atoms with Crippen LogP contribution in [0.1, 0.15) is 51.7 Å². The molecule has 0 aliphatic heterocycles. The maximum atomic E-state index is 4.57. The SMILES string of the molecule is Cc1cc(C)c(C2=CC=C(Cc3nnc(-c4cc(C)c(C)cc4C)n3C)C2C)cc1C. The highest BCUT2D eigenvalue weighted by Crippen LogP contribution is 2.38. The van der Waals surface area contributed by atoms with Gasteiger partial charge in [0.1, 0.15) is 5.82 Å². The first kappa shape index (κ1) is 21.3. The zero-order valence-electron chi connectivity index (χ0n) is 20.1. The van der Waals surface area contributed by atoms with E-state index in [4.69, 9.17) is 0 Å². The summed E-state index contributed by atoms with van der Waals surface area (Å²) in [5.41, 5.74) is 13.2. The molecule has 2 aromatic carbocycles. The molecule has 1 aromatic heterocycles. The van der Waals surface area contributed by atoms with Gasteiger partial charge in [-0.3, -0.25) is 0 Å². The van der Waals surface area contributed by atoms with Crippen LogP contribution in [0.25, 0.3) is 17.0 Å². The van der Waals surface area contributed by atoms with Gasteiger partial charge in [-0.05, 0) is 92.1 Å². The van der Waals surface area contributed by atoms with E-state index in [9.17, 15) is 0 Å². The zero-order valence-corrected chi connectivity index (χ0v) is 20.1. The van der Waals surface area contributed by atoms with Gasteiger partial charge in [-0.1, -0.05) is 42.8 Å². The van der Waals surface area contributed by atoms with Gasteiger partial charge in [-0.2, -0.15) is 0 Å². The first-order valence-electron chi connectivity index (χ1n) is 11.1. The first-order valence-corrected chi connectivity index (χ1v) is 11.1. The Morgan fingerprint density at radius 2 is 1.26 bits per heavy atom. The molecule has 0 spiro atoms. The molecule has 0 saturated carbocycles. The lowest BCUT2D eigenvalue weighted by Crippen LogP contribution is -2.07. The van der Waals surface area contributed by atoms with Crippen molar-refractivity contribution < 1.29 is 0 Å². The molecule has 3 aromatic rings. The molecule has 1 aliphatic carbocycles. The smallest absolute Gasteiger partial charge is 0.163 e. The van der Waals surface area contributed by atoms with E-state index in [1.165, 1.54) is 55.7 Å². The number of aromatic nitrogens is 3. The fraction of sp³-hybridized carbons (Fsp3) is 0.357. The lowest BCUT2D eigenvalue weighted by Gasteiger charge is -2.18. The van der Waals surface area contributed by atoms with Crippen molar-refractivity contribution >= 4 is 5.57 Å². The highest BCUT2D eigenvalue weighted by Gasteiger charge is 2.24. The molecule has 3 nitrogen and oxygen atoms in total. The Kier molecular flexibility index (Phi) is 5.47. The van der Waals surface area contributed by atoms with Crippen molar-refractivity contribution in [1.82, 2.24) is 14.8 Å². The molecule has 0 N–H and O–H groups in total. The van der Waals surface area contributed by atoms with Crippen molar-refractivity contribution in [3.05, 3.63) is 86.8 Å². The molecule has 1 unspecified atom stereocenters. The largest absolute Gasteiger partial charge is 0.314 e. The highest BCUT2D eigenvalue weighted by molar-refractivity contribution is 5.77. The third-order valence-corrected chi connectivity index (χ3v) is 7.06. The van der Waals surface area contributed by atoms with E-state index >= 15 is 0 Å². The fourth-order valence-electron chi connectivity index (χ4n) is 4.63. The average molecular weight is 412 g/mol. The van der Waals surface area contributed by atoms with Crippen molar-refractivity contribution in [3.63, 3.8) is 0 Å². The highest BCUT2D eigenvalue weighted by atomic mass is 15.3. The van der Waals surface area contributed by atoms with Gasteiger partial charge >= 0.3 is 0 Å². The monoisotopic (exact) mass is 411 g/mol. The maximum Gasteiger partial charge on any atom is 0.163 e. The van der Waals surface area contributed by atoms with Crippen LogP contribution >= 0.6 is 0 Å². The van der Waals surface area contributed by atoms with E-state index in [-0.39, 0.29) is 0 Å². The quantitative estimate of drug-likeness (QED) is 0.488. The van der Waals surface area contributed by atoms with Crippen LogP contribution in [0.3, 0.4) is 0 Å². The summed E-state index contributed by atoms with van der Waals surface area (Å²) < 4.78 is 2.16. The minimum Gasteiger partial charge on any atom is -0.314 e. The number of hydrogen-bond donors (Lipinski definition) is 0. The Bertz CT molecular complexity index is 1240. The number of aryl methyl sites for hydroxylation is 6. The van der Waals surface area contributed by atoms with E-state index in [0.717, 1.165) is 18.1 Å². The van der Waals surface area contributed by atoms with Crippen molar-refractivity contribution in [1.29, 1.82) is 0 Å². The second-order valence-electron chi connectivity index (χ2n) is 9.26. The first-order chi connectivity index (χ1) is 14.7. The summed E-state index contributed by atoms with van der Waals surface area (Å²) in [6.45, 7) is 15.4. The van der Waals surface area contributed by atoms with Crippen LogP contribution in [0, 0.1) is 47.5 Å². The Labute approximate surface area is 186 Å². The van der Waals surface area contributed by atoms with Gasteiger partial charge in [0.05, 0.1) is 0 Å². The van der Waals surface area contributed by atoms with Crippen LogP contribution in [0.4, 0.5) is 0 Å². The number of nitrogens with zero attached hydrogens (tertiary/aromatic N) is 3. The summed E-state index contributed by atoms with van der Waals surface area (Å²) in [5.74, 6) is 2.33. The zero-order chi connectivity index (χ0) is 22.4. The standard InChI is InChI=1S/C28H33N3/c1-16-11-20(5)25(13-18(16)3)24-10-9-23(22(24)7)15-27-29-30-28(31(27)8)26-14-19(4)17(2)12-21(26)6/h9-14,22H,15H2,1-8H3. The van der Waals surface area contributed by atoms with Crippen LogP contribution in [0.15, 0.2) is 42.0 Å². The van der Waals surface area contributed by atoms with E-state index in [1.807, 2.05) is 0 Å². The molecule has 0 saturated heterocycles. The normalized spacial score (nSPS) is 15.9. The molecule has 1 heterocycles. The third-order valence-electron chi connectivity index (χ3n) is 7.06. The molecular formula is C28H33N3. The lowest BCUT2D eigenvalue weighted by atomic mass is 9.87. The van der Waals surface area contributed by atoms with Crippen LogP contribution in [0.2, 0.25) is 0 Å². The number of rotatable bonds is 4. The summed E-state index contributed by atoms with van der Waals surface area (Å²) in [5, 5.41) is 9.14. The fourth-order valence-corrected chi connectivity index (χ4v) is 4.63. The van der Waals surface area contributed by atoms with E-state index < -0.39 is 0 Å². The molecule has 1 atom stereocenters. The molecule has 1 aliphatic rings. The molecule has 4 rings (SSSR count). The van der Waals surface area contributed by atoms with Crippen LogP contribution in [-0.2, 0) is 13.5 Å². The molecule has 31 heavy (non-hydrogen) atoms. The van der Waals surface area contributed by atoms with Crippen LogP contribution in [-0.4, -0.2) is 14.8 Å². The topological polar surface area (TPSA) is 30.7 Å². The summed E-state index contributed by atoms with van der Waals surface area (Å²) in [7, 11) is 2.08. The van der Waals surface area contributed by atoms with Crippen LogP contribution < -0.4 is 0 Å². The van der Waals surface area contributed by atoms with Gasteiger partial charge < -0.3 is 4.57 Å². The molecule has 0 bridgehead atoms. The predicted octanol–water partition coefficient (Wildman–Crippen LogP) is 6.53. The minimum atomic E-state index is 0.379. The maximum absolute atomic E-state index is 4.57. The summed E-state index contributed by atoms with van der Waals surface area (Å²) in [6, 6.07) is 9.12. The molecule has 0 fully saturated rings. The van der Waals surface area contributed by atoms with Gasteiger partial charge in [0.2, 0.25) is 0 Å². The van der Waals surface area contributed by atoms with Gasteiger partial charge in [0.25, 0.3) is 0 Å². The number of hydrogen-bond acceptors (Lipinski definition) is 2. The van der Waals surface area contributed by atoms with Gasteiger partial charge in [-0.25, -0.2) is 0 Å². The van der Waals surface area contributed by atoms with Crippen molar-refractivity contribution in [2.75, 3.05) is 0 Å². The Hall–Kier alpha value is -2.94. The van der Waals surface area contributed by atoms with Crippen LogP contribution in [0.5, 0.6) is 0 Å². The van der Waals surface area contributed by atoms with Gasteiger partial charge in [-0.15, -0.1) is 10.2 Å². The number of allylic oxidation sites excluding steroid dienone is 4. The third kappa shape index (κ3) is 3.78. The van der Waals surface area contributed by atoms with Gasteiger partial charge in [0, 0.05) is 24.9 Å².